The van der Waals surface area contributed by atoms with E-state index in [0.29, 0.717) is 18.3 Å². The number of carbonyl (C=O) groups excluding carboxylic acids is 2. The molecule has 0 spiro atoms. The summed E-state index contributed by atoms with van der Waals surface area (Å²) < 4.78 is 7.15. The number of ether oxygens (including phenoxy) is 1. The Bertz CT molecular complexity index is 1200. The zero-order chi connectivity index (χ0) is 22.6. The fraction of sp³-hybridized carbons (Fsp3) is 0.304. The number of methoxy groups -OCH3 is 1. The minimum atomic E-state index is -0.592. The molecular formula is C23H24N6O3. The maximum atomic E-state index is 13.3. The van der Waals surface area contributed by atoms with Gasteiger partial charge >= 0.3 is 6.03 Å². The molecule has 2 aromatic carbocycles. The van der Waals surface area contributed by atoms with E-state index in [9.17, 15) is 9.59 Å². The molecule has 2 atom stereocenters. The van der Waals surface area contributed by atoms with Crippen LogP contribution < -0.4 is 9.64 Å². The minimum absolute atomic E-state index is 0.253. The van der Waals surface area contributed by atoms with Crippen molar-refractivity contribution in [3.8, 4) is 17.1 Å². The highest BCUT2D eigenvalue weighted by Gasteiger charge is 2.54. The van der Waals surface area contributed by atoms with E-state index in [0.717, 1.165) is 22.4 Å². The van der Waals surface area contributed by atoms with Crippen LogP contribution in [0, 0.1) is 6.92 Å². The van der Waals surface area contributed by atoms with Crippen LogP contribution in [0.25, 0.3) is 11.4 Å². The maximum absolute atomic E-state index is 13.3. The number of hydrogen-bond donors (Lipinski definition) is 0. The van der Waals surface area contributed by atoms with Crippen LogP contribution in [0.1, 0.15) is 17.3 Å². The molecule has 9 heteroatoms. The van der Waals surface area contributed by atoms with Crippen LogP contribution in [-0.4, -0.2) is 63.7 Å². The monoisotopic (exact) mass is 432 g/mol. The van der Waals surface area contributed by atoms with Crippen molar-refractivity contribution in [2.75, 3.05) is 26.1 Å². The third-order valence-electron chi connectivity index (χ3n) is 6.17. The van der Waals surface area contributed by atoms with Crippen LogP contribution in [0.15, 0.2) is 48.5 Å². The molecule has 5 rings (SSSR count). The molecule has 0 N–H and O–H groups in total. The summed E-state index contributed by atoms with van der Waals surface area (Å²) in [4.78, 5) is 30.8. The Balaban J connectivity index is 1.64. The zero-order valence-corrected chi connectivity index (χ0v) is 18.4. The second kappa shape index (κ2) is 7.37. The van der Waals surface area contributed by atoms with Gasteiger partial charge < -0.3 is 14.5 Å². The van der Waals surface area contributed by atoms with Crippen LogP contribution in [0.2, 0.25) is 0 Å². The Morgan fingerprint density at radius 2 is 1.78 bits per heavy atom. The van der Waals surface area contributed by atoms with E-state index in [-0.39, 0.29) is 11.9 Å². The van der Waals surface area contributed by atoms with Crippen LogP contribution in [0.4, 0.5) is 10.7 Å². The van der Waals surface area contributed by atoms with Gasteiger partial charge in [0.25, 0.3) is 5.91 Å². The number of imide groups is 1. The Labute approximate surface area is 185 Å². The van der Waals surface area contributed by atoms with E-state index in [1.165, 1.54) is 11.9 Å². The number of amides is 3. The molecule has 1 saturated heterocycles. The third-order valence-corrected chi connectivity index (χ3v) is 6.17. The van der Waals surface area contributed by atoms with Crippen molar-refractivity contribution in [1.82, 2.24) is 24.6 Å². The van der Waals surface area contributed by atoms with Crippen LogP contribution >= 0.6 is 0 Å². The summed E-state index contributed by atoms with van der Waals surface area (Å²) in [5, 5.41) is 8.89. The molecule has 2 aliphatic heterocycles. The lowest BCUT2D eigenvalue weighted by atomic mass is 10.1. The number of fused-ring (bicyclic) bond motifs is 3. The van der Waals surface area contributed by atoms with Gasteiger partial charge in [0.1, 0.15) is 11.9 Å². The SMILES string of the molecule is COc1ccc(-c2nnc3n2C2C(C(=O)N(C)C(=O)N2C)N3Cc2cccc(C)c2)cc1. The van der Waals surface area contributed by atoms with Crippen LogP contribution in [0.5, 0.6) is 5.75 Å². The first-order valence-corrected chi connectivity index (χ1v) is 10.4. The summed E-state index contributed by atoms with van der Waals surface area (Å²) in [6.07, 6.45) is -0.543. The highest BCUT2D eigenvalue weighted by molar-refractivity contribution is 6.02. The van der Waals surface area contributed by atoms with Crippen molar-refractivity contribution < 1.29 is 14.3 Å². The fourth-order valence-corrected chi connectivity index (χ4v) is 4.55. The average Bonchev–Trinajstić information content (AvgIpc) is 3.35. The second-order valence-electron chi connectivity index (χ2n) is 8.19. The van der Waals surface area contributed by atoms with Crippen molar-refractivity contribution in [3.63, 3.8) is 0 Å². The lowest BCUT2D eigenvalue weighted by Gasteiger charge is -2.40. The van der Waals surface area contributed by atoms with Gasteiger partial charge in [0.15, 0.2) is 11.9 Å². The van der Waals surface area contributed by atoms with Gasteiger partial charge in [0.2, 0.25) is 5.95 Å². The lowest BCUT2D eigenvalue weighted by Crippen LogP contribution is -2.61. The number of benzene rings is 2. The Hall–Kier alpha value is -3.88. The van der Waals surface area contributed by atoms with Crippen molar-refractivity contribution in [2.24, 2.45) is 0 Å². The maximum Gasteiger partial charge on any atom is 0.327 e. The number of urea groups is 1. The predicted octanol–water partition coefficient (Wildman–Crippen LogP) is 2.67. The Morgan fingerprint density at radius 1 is 1.03 bits per heavy atom. The van der Waals surface area contributed by atoms with E-state index in [1.54, 1.807) is 19.1 Å². The molecule has 9 nitrogen and oxygen atoms in total. The van der Waals surface area contributed by atoms with E-state index >= 15 is 0 Å². The summed E-state index contributed by atoms with van der Waals surface area (Å²) in [6.45, 7) is 2.51. The lowest BCUT2D eigenvalue weighted by molar-refractivity contribution is -0.133. The summed E-state index contributed by atoms with van der Waals surface area (Å²) in [7, 11) is 4.84. The molecule has 1 fully saturated rings. The molecule has 0 radical (unpaired) electrons. The van der Waals surface area contributed by atoms with Gasteiger partial charge in [-0.1, -0.05) is 29.8 Å². The smallest absolute Gasteiger partial charge is 0.327 e. The molecule has 3 heterocycles. The molecule has 2 unspecified atom stereocenters. The van der Waals surface area contributed by atoms with E-state index in [1.807, 2.05) is 58.9 Å². The molecule has 3 amide bonds. The summed E-state index contributed by atoms with van der Waals surface area (Å²) in [6, 6.07) is 14.7. The van der Waals surface area contributed by atoms with Gasteiger partial charge in [-0.2, -0.15) is 0 Å². The predicted molar refractivity (Wildman–Crippen MR) is 118 cm³/mol. The van der Waals surface area contributed by atoms with Gasteiger partial charge in [0, 0.05) is 26.2 Å². The number of aromatic nitrogens is 3. The van der Waals surface area contributed by atoms with Gasteiger partial charge in [-0.15, -0.1) is 10.2 Å². The standard InChI is InChI=1S/C23H24N6O3/c1-14-6-5-7-15(12-14)13-28-18-20(26(2)23(31)27(3)21(18)30)29-19(24-25-22(28)29)16-8-10-17(32-4)11-9-16/h5-12,18,20H,13H2,1-4H3. The third kappa shape index (κ3) is 2.92. The van der Waals surface area contributed by atoms with E-state index in [4.69, 9.17) is 4.74 Å². The van der Waals surface area contributed by atoms with Crippen LogP contribution in [-0.2, 0) is 11.3 Å². The summed E-state index contributed by atoms with van der Waals surface area (Å²) in [5.41, 5.74) is 3.02. The molecule has 2 aliphatic rings. The first-order chi connectivity index (χ1) is 15.4. The number of nitrogens with zero attached hydrogens (tertiary/aromatic N) is 6. The molecule has 0 aliphatic carbocycles. The van der Waals surface area contributed by atoms with Crippen LogP contribution in [0.3, 0.4) is 0 Å². The average molecular weight is 432 g/mol. The molecule has 0 saturated carbocycles. The Kier molecular flexibility index (Phi) is 4.61. The highest BCUT2D eigenvalue weighted by atomic mass is 16.5. The van der Waals surface area contributed by atoms with Crippen molar-refractivity contribution in [1.29, 1.82) is 0 Å². The molecular weight excluding hydrogens is 408 g/mol. The number of anilines is 1. The first-order valence-electron chi connectivity index (χ1n) is 10.4. The van der Waals surface area contributed by atoms with Crippen molar-refractivity contribution in [3.05, 3.63) is 59.7 Å². The summed E-state index contributed by atoms with van der Waals surface area (Å²) in [5.74, 6) is 1.64. The molecule has 3 aromatic rings. The van der Waals surface area contributed by atoms with Gasteiger partial charge in [-0.3, -0.25) is 14.3 Å². The number of hydrogen-bond acceptors (Lipinski definition) is 6. The quantitative estimate of drug-likeness (QED) is 0.630. The van der Waals surface area contributed by atoms with Gasteiger partial charge in [-0.25, -0.2) is 4.79 Å². The molecule has 0 bridgehead atoms. The summed E-state index contributed by atoms with van der Waals surface area (Å²) >= 11 is 0. The fourth-order valence-electron chi connectivity index (χ4n) is 4.55. The highest BCUT2D eigenvalue weighted by Crippen LogP contribution is 2.43. The number of aryl methyl sites for hydroxylation is 1. The second-order valence-corrected chi connectivity index (χ2v) is 8.19. The number of rotatable bonds is 4. The zero-order valence-electron chi connectivity index (χ0n) is 18.4. The molecule has 1 aromatic heterocycles. The van der Waals surface area contributed by atoms with Gasteiger partial charge in [0.05, 0.1) is 7.11 Å². The molecule has 32 heavy (non-hydrogen) atoms. The van der Waals surface area contributed by atoms with Crippen molar-refractivity contribution in [2.45, 2.75) is 25.7 Å². The largest absolute Gasteiger partial charge is 0.497 e. The number of carbonyl (C=O) groups is 2. The normalized spacial score (nSPS) is 19.9. The van der Waals surface area contributed by atoms with Crippen molar-refractivity contribution >= 4 is 17.9 Å². The number of likely N-dealkylation sites (N-methyl/N-ethyl adjacent to an activating group) is 2. The van der Waals surface area contributed by atoms with E-state index < -0.39 is 12.2 Å². The topological polar surface area (TPSA) is 83.8 Å². The first kappa shape index (κ1) is 20.0. The Morgan fingerprint density at radius 3 is 2.47 bits per heavy atom. The van der Waals surface area contributed by atoms with Gasteiger partial charge in [-0.05, 0) is 36.8 Å². The minimum Gasteiger partial charge on any atom is -0.497 e. The molecule has 164 valence electrons. The van der Waals surface area contributed by atoms with E-state index in [2.05, 4.69) is 16.3 Å².